The van der Waals surface area contributed by atoms with Crippen LogP contribution in [-0.2, 0) is 9.53 Å². The van der Waals surface area contributed by atoms with Crippen LogP contribution in [0.3, 0.4) is 0 Å². The van der Waals surface area contributed by atoms with Gasteiger partial charge in [-0.2, -0.15) is 0 Å². The third-order valence-electron chi connectivity index (χ3n) is 2.32. The molecule has 0 aliphatic rings. The fourth-order valence-electron chi connectivity index (χ4n) is 1.46. The first-order chi connectivity index (χ1) is 8.60. The van der Waals surface area contributed by atoms with Crippen LogP contribution in [0.25, 0.3) is 0 Å². The summed E-state index contributed by atoms with van der Waals surface area (Å²) in [6, 6.07) is 3.01. The van der Waals surface area contributed by atoms with Gasteiger partial charge in [-0.05, 0) is 19.1 Å². The van der Waals surface area contributed by atoms with Crippen LogP contribution < -0.4 is 0 Å². The second kappa shape index (κ2) is 6.83. The Balaban J connectivity index is 2.76. The molecule has 2 N–H and O–H groups in total. The second-order valence-corrected chi connectivity index (χ2v) is 3.62. The number of pyridine rings is 1. The van der Waals surface area contributed by atoms with E-state index in [9.17, 15) is 19.8 Å². The number of rotatable bonds is 6. The van der Waals surface area contributed by atoms with Crippen molar-refractivity contribution in [3.8, 4) is 0 Å². The van der Waals surface area contributed by atoms with Crippen molar-refractivity contribution in [2.75, 3.05) is 6.61 Å². The van der Waals surface area contributed by atoms with Crippen LogP contribution >= 0.6 is 0 Å². The van der Waals surface area contributed by atoms with E-state index in [1.165, 1.54) is 18.3 Å². The van der Waals surface area contributed by atoms with Crippen LogP contribution in [0.15, 0.2) is 18.3 Å². The maximum Gasteiger partial charge on any atom is 0.308 e. The van der Waals surface area contributed by atoms with E-state index in [4.69, 9.17) is 0 Å². The number of ether oxygens (including phenoxy) is 1. The minimum absolute atomic E-state index is 0.0456. The van der Waals surface area contributed by atoms with Gasteiger partial charge in [0.1, 0.15) is 6.10 Å². The topological polar surface area (TPSA) is 96.7 Å². The van der Waals surface area contributed by atoms with Crippen molar-refractivity contribution in [2.45, 2.75) is 25.6 Å². The zero-order valence-corrected chi connectivity index (χ0v) is 9.94. The highest BCUT2D eigenvalue weighted by Crippen LogP contribution is 2.19. The number of carbonyl (C=O) groups excluding carboxylic acids is 2. The number of aldehydes is 1. The molecule has 0 bridgehead atoms. The SMILES string of the molecule is CCOC(=O)CC(O)C(O)c1ncccc1C=O. The molecule has 2 unspecified atom stereocenters. The van der Waals surface area contributed by atoms with Gasteiger partial charge in [0, 0.05) is 11.8 Å². The average Bonchev–Trinajstić information content (AvgIpc) is 2.38. The van der Waals surface area contributed by atoms with E-state index in [-0.39, 0.29) is 24.3 Å². The number of nitrogens with zero attached hydrogens (tertiary/aromatic N) is 1. The molecular weight excluding hydrogens is 238 g/mol. The molecule has 0 aromatic carbocycles. The minimum Gasteiger partial charge on any atom is -0.466 e. The maximum atomic E-state index is 11.2. The van der Waals surface area contributed by atoms with Crippen molar-refractivity contribution in [2.24, 2.45) is 0 Å². The molecule has 0 fully saturated rings. The van der Waals surface area contributed by atoms with Crippen molar-refractivity contribution >= 4 is 12.3 Å². The summed E-state index contributed by atoms with van der Waals surface area (Å²) < 4.78 is 4.66. The Bertz CT molecular complexity index is 421. The van der Waals surface area contributed by atoms with E-state index >= 15 is 0 Å². The molecule has 1 rings (SSSR count). The smallest absolute Gasteiger partial charge is 0.308 e. The molecule has 0 radical (unpaired) electrons. The Morgan fingerprint density at radius 1 is 1.56 bits per heavy atom. The molecule has 0 aliphatic carbocycles. The number of hydrogen-bond donors (Lipinski definition) is 2. The molecule has 2 atom stereocenters. The summed E-state index contributed by atoms with van der Waals surface area (Å²) >= 11 is 0. The fourth-order valence-corrected chi connectivity index (χ4v) is 1.46. The summed E-state index contributed by atoms with van der Waals surface area (Å²) in [5.74, 6) is -0.618. The fraction of sp³-hybridized carbons (Fsp3) is 0.417. The van der Waals surface area contributed by atoms with Crippen LogP contribution in [0.2, 0.25) is 0 Å². The van der Waals surface area contributed by atoms with Crippen LogP contribution in [0.1, 0.15) is 35.5 Å². The summed E-state index contributed by atoms with van der Waals surface area (Å²) in [5.41, 5.74) is 0.220. The highest BCUT2D eigenvalue weighted by molar-refractivity contribution is 5.76. The monoisotopic (exact) mass is 253 g/mol. The second-order valence-electron chi connectivity index (χ2n) is 3.62. The summed E-state index contributed by atoms with van der Waals surface area (Å²) in [5, 5.41) is 19.5. The highest BCUT2D eigenvalue weighted by atomic mass is 16.5. The molecular formula is C12H15NO5. The van der Waals surface area contributed by atoms with Crippen LogP contribution in [-0.4, -0.2) is 40.2 Å². The summed E-state index contributed by atoms with van der Waals surface area (Å²) in [4.78, 5) is 25.7. The predicted octanol–water partition coefficient (Wildman–Crippen LogP) is 0.242. The molecule has 0 saturated heterocycles. The van der Waals surface area contributed by atoms with Crippen molar-refractivity contribution in [3.05, 3.63) is 29.6 Å². The minimum atomic E-state index is -1.41. The van der Waals surface area contributed by atoms with Crippen molar-refractivity contribution in [3.63, 3.8) is 0 Å². The quantitative estimate of drug-likeness (QED) is 0.557. The van der Waals surface area contributed by atoms with Gasteiger partial charge in [0.2, 0.25) is 0 Å². The lowest BCUT2D eigenvalue weighted by molar-refractivity contribution is -0.147. The van der Waals surface area contributed by atoms with Gasteiger partial charge in [-0.1, -0.05) is 0 Å². The van der Waals surface area contributed by atoms with E-state index in [0.29, 0.717) is 6.29 Å². The third kappa shape index (κ3) is 3.61. The molecule has 1 aromatic rings. The van der Waals surface area contributed by atoms with Crippen LogP contribution in [0.4, 0.5) is 0 Å². The van der Waals surface area contributed by atoms with Gasteiger partial charge >= 0.3 is 5.97 Å². The van der Waals surface area contributed by atoms with E-state index in [1.807, 2.05) is 0 Å². The maximum absolute atomic E-state index is 11.2. The van der Waals surface area contributed by atoms with Gasteiger partial charge in [-0.25, -0.2) is 0 Å². The number of aromatic nitrogens is 1. The molecule has 6 nitrogen and oxygen atoms in total. The Morgan fingerprint density at radius 2 is 2.28 bits per heavy atom. The molecule has 1 heterocycles. The summed E-state index contributed by atoms with van der Waals surface area (Å²) in [7, 11) is 0. The standard InChI is InChI=1S/C12H15NO5/c1-2-18-10(16)6-9(15)12(17)11-8(7-14)4-3-5-13-11/h3-5,7,9,12,15,17H,2,6H2,1H3. The van der Waals surface area contributed by atoms with Gasteiger partial charge in [0.25, 0.3) is 0 Å². The molecule has 0 saturated carbocycles. The molecule has 98 valence electrons. The normalized spacial score (nSPS) is 13.7. The van der Waals surface area contributed by atoms with Gasteiger partial charge in [0.05, 0.1) is 24.8 Å². The lowest BCUT2D eigenvalue weighted by Gasteiger charge is -2.17. The summed E-state index contributed by atoms with van der Waals surface area (Å²) in [6.07, 6.45) is -1.21. The Morgan fingerprint density at radius 3 is 2.89 bits per heavy atom. The number of aliphatic hydroxyl groups excluding tert-OH is 2. The van der Waals surface area contributed by atoms with Gasteiger partial charge in [-0.15, -0.1) is 0 Å². The van der Waals surface area contributed by atoms with Crippen LogP contribution in [0, 0.1) is 0 Å². The zero-order chi connectivity index (χ0) is 13.5. The van der Waals surface area contributed by atoms with Crippen molar-refractivity contribution < 1.29 is 24.5 Å². The lowest BCUT2D eigenvalue weighted by Crippen LogP contribution is -2.24. The number of aliphatic hydroxyl groups is 2. The first-order valence-corrected chi connectivity index (χ1v) is 5.52. The molecule has 0 spiro atoms. The van der Waals surface area contributed by atoms with Crippen molar-refractivity contribution in [1.29, 1.82) is 0 Å². The Kier molecular flexibility index (Phi) is 5.41. The molecule has 0 amide bonds. The number of hydrogen-bond acceptors (Lipinski definition) is 6. The van der Waals surface area contributed by atoms with Gasteiger partial charge in [-0.3, -0.25) is 14.6 Å². The highest BCUT2D eigenvalue weighted by Gasteiger charge is 2.25. The average molecular weight is 253 g/mol. The van der Waals surface area contributed by atoms with E-state index in [1.54, 1.807) is 6.92 Å². The Hall–Kier alpha value is -1.79. The van der Waals surface area contributed by atoms with E-state index in [2.05, 4.69) is 9.72 Å². The first-order valence-electron chi connectivity index (χ1n) is 5.52. The first kappa shape index (κ1) is 14.3. The number of carbonyl (C=O) groups is 2. The molecule has 6 heteroatoms. The molecule has 0 aliphatic heterocycles. The largest absolute Gasteiger partial charge is 0.466 e. The molecule has 18 heavy (non-hydrogen) atoms. The van der Waals surface area contributed by atoms with E-state index < -0.39 is 18.2 Å². The summed E-state index contributed by atoms with van der Waals surface area (Å²) in [6.45, 7) is 1.84. The third-order valence-corrected chi connectivity index (χ3v) is 2.32. The van der Waals surface area contributed by atoms with E-state index in [0.717, 1.165) is 0 Å². The van der Waals surface area contributed by atoms with Gasteiger partial charge in [0.15, 0.2) is 6.29 Å². The predicted molar refractivity (Wildman–Crippen MR) is 61.8 cm³/mol. The number of esters is 1. The van der Waals surface area contributed by atoms with Crippen LogP contribution in [0.5, 0.6) is 0 Å². The van der Waals surface area contributed by atoms with Gasteiger partial charge < -0.3 is 14.9 Å². The zero-order valence-electron chi connectivity index (χ0n) is 9.94. The van der Waals surface area contributed by atoms with Crippen molar-refractivity contribution in [1.82, 2.24) is 4.98 Å². The lowest BCUT2D eigenvalue weighted by atomic mass is 10.0. The molecule has 1 aromatic heterocycles. The Labute approximate surface area is 104 Å².